The molecule has 0 aliphatic rings. The van der Waals surface area contributed by atoms with Gasteiger partial charge in [0.05, 0.1) is 12.6 Å². The summed E-state index contributed by atoms with van der Waals surface area (Å²) in [5, 5.41) is 11.8. The van der Waals surface area contributed by atoms with E-state index >= 15 is 0 Å². The summed E-state index contributed by atoms with van der Waals surface area (Å²) in [4.78, 5) is 11.8. The van der Waals surface area contributed by atoms with Gasteiger partial charge in [-0.25, -0.2) is 0 Å². The fourth-order valence-electron chi connectivity index (χ4n) is 1.53. The minimum atomic E-state index is -0.175. The van der Waals surface area contributed by atoms with Crippen molar-refractivity contribution in [1.29, 1.82) is 0 Å². The smallest absolute Gasteiger partial charge is 0.251 e. The Morgan fingerprint density at radius 1 is 1.41 bits per heavy atom. The van der Waals surface area contributed by atoms with E-state index in [0.717, 1.165) is 12.0 Å². The average Bonchev–Trinajstić information content (AvgIpc) is 2.37. The molecule has 94 valence electrons. The van der Waals surface area contributed by atoms with Crippen molar-refractivity contribution in [2.24, 2.45) is 5.73 Å². The van der Waals surface area contributed by atoms with Crippen molar-refractivity contribution in [3.8, 4) is 0 Å². The number of aliphatic hydroxyl groups excluding tert-OH is 1. The van der Waals surface area contributed by atoms with Crippen LogP contribution in [0.3, 0.4) is 0 Å². The highest BCUT2D eigenvalue weighted by Crippen LogP contribution is 2.05. The van der Waals surface area contributed by atoms with Crippen LogP contribution in [0.4, 0.5) is 0 Å². The van der Waals surface area contributed by atoms with Crippen LogP contribution in [0.1, 0.15) is 29.3 Å². The quantitative estimate of drug-likeness (QED) is 0.680. The Balaban J connectivity index is 2.63. The summed E-state index contributed by atoms with van der Waals surface area (Å²) in [7, 11) is 0. The molecule has 1 aromatic rings. The van der Waals surface area contributed by atoms with Crippen LogP contribution in [-0.2, 0) is 6.42 Å². The van der Waals surface area contributed by atoms with Gasteiger partial charge in [0.25, 0.3) is 5.91 Å². The lowest BCUT2D eigenvalue weighted by molar-refractivity contribution is 0.0915. The molecule has 0 heterocycles. The number of hydrogen-bond acceptors (Lipinski definition) is 3. The number of amides is 1. The van der Waals surface area contributed by atoms with Gasteiger partial charge >= 0.3 is 0 Å². The standard InChI is InChI=1S/C13H20N2O2/c1-2-12(9-16)15-13(17)11-5-3-10(4-6-11)7-8-14/h3-6,12,16H,2,7-9,14H2,1H3,(H,15,17)/t12-/m1/s1. The Morgan fingerprint density at radius 3 is 2.53 bits per heavy atom. The Kier molecular flexibility index (Phi) is 5.66. The molecule has 4 heteroatoms. The highest BCUT2D eigenvalue weighted by atomic mass is 16.3. The van der Waals surface area contributed by atoms with Crippen LogP contribution in [0.25, 0.3) is 0 Å². The van der Waals surface area contributed by atoms with Gasteiger partial charge in [-0.3, -0.25) is 4.79 Å². The lowest BCUT2D eigenvalue weighted by atomic mass is 10.1. The number of carbonyl (C=O) groups excluding carboxylic acids is 1. The van der Waals surface area contributed by atoms with Crippen LogP contribution in [0.2, 0.25) is 0 Å². The molecule has 1 amide bonds. The van der Waals surface area contributed by atoms with Crippen molar-refractivity contribution in [2.75, 3.05) is 13.2 Å². The van der Waals surface area contributed by atoms with Crippen molar-refractivity contribution in [1.82, 2.24) is 5.32 Å². The predicted octanol–water partition coefficient (Wildman–Crippen LogP) is 0.689. The number of rotatable bonds is 6. The first-order chi connectivity index (χ1) is 8.21. The first kappa shape index (κ1) is 13.7. The second-order valence-electron chi connectivity index (χ2n) is 4.00. The minimum Gasteiger partial charge on any atom is -0.394 e. The monoisotopic (exact) mass is 236 g/mol. The largest absolute Gasteiger partial charge is 0.394 e. The molecule has 1 aromatic carbocycles. The number of nitrogens with two attached hydrogens (primary N) is 1. The second-order valence-corrected chi connectivity index (χ2v) is 4.00. The summed E-state index contributed by atoms with van der Waals surface area (Å²) >= 11 is 0. The number of aliphatic hydroxyl groups is 1. The number of carbonyl (C=O) groups is 1. The van der Waals surface area contributed by atoms with Crippen molar-refractivity contribution in [2.45, 2.75) is 25.8 Å². The average molecular weight is 236 g/mol. The molecule has 0 saturated heterocycles. The third-order valence-electron chi connectivity index (χ3n) is 2.70. The fourth-order valence-corrected chi connectivity index (χ4v) is 1.53. The van der Waals surface area contributed by atoms with Gasteiger partial charge in [0.1, 0.15) is 0 Å². The molecule has 0 spiro atoms. The van der Waals surface area contributed by atoms with Gasteiger partial charge in [0.15, 0.2) is 0 Å². The number of hydrogen-bond donors (Lipinski definition) is 3. The van der Waals surface area contributed by atoms with Crippen molar-refractivity contribution in [3.63, 3.8) is 0 Å². The number of nitrogens with one attached hydrogen (secondary N) is 1. The van der Waals surface area contributed by atoms with Crippen LogP contribution in [0.15, 0.2) is 24.3 Å². The van der Waals surface area contributed by atoms with Crippen molar-refractivity contribution in [3.05, 3.63) is 35.4 Å². The Bertz CT molecular complexity index is 345. The van der Waals surface area contributed by atoms with E-state index in [1.807, 2.05) is 19.1 Å². The lowest BCUT2D eigenvalue weighted by Gasteiger charge is -2.14. The summed E-state index contributed by atoms with van der Waals surface area (Å²) in [5.74, 6) is -0.148. The van der Waals surface area contributed by atoms with Gasteiger partial charge in [-0.15, -0.1) is 0 Å². The van der Waals surface area contributed by atoms with Crippen LogP contribution in [0.5, 0.6) is 0 Å². The third kappa shape index (κ3) is 4.17. The van der Waals surface area contributed by atoms with E-state index in [9.17, 15) is 4.79 Å². The topological polar surface area (TPSA) is 75.3 Å². The molecule has 0 saturated carbocycles. The van der Waals surface area contributed by atoms with E-state index < -0.39 is 0 Å². The normalized spacial score (nSPS) is 12.2. The Labute approximate surface area is 102 Å². The zero-order valence-electron chi connectivity index (χ0n) is 10.1. The third-order valence-corrected chi connectivity index (χ3v) is 2.70. The maximum absolute atomic E-state index is 11.8. The summed E-state index contributed by atoms with van der Waals surface area (Å²) < 4.78 is 0. The maximum Gasteiger partial charge on any atom is 0.251 e. The zero-order valence-corrected chi connectivity index (χ0v) is 10.1. The number of benzene rings is 1. The van der Waals surface area contributed by atoms with Crippen molar-refractivity contribution >= 4 is 5.91 Å². The van der Waals surface area contributed by atoms with E-state index in [4.69, 9.17) is 10.8 Å². The molecule has 0 aliphatic heterocycles. The molecular weight excluding hydrogens is 216 g/mol. The summed E-state index contributed by atoms with van der Waals surface area (Å²) in [6.07, 6.45) is 1.53. The highest BCUT2D eigenvalue weighted by molar-refractivity contribution is 5.94. The first-order valence-corrected chi connectivity index (χ1v) is 5.92. The molecule has 17 heavy (non-hydrogen) atoms. The molecule has 1 atom stereocenters. The van der Waals surface area contributed by atoms with Gasteiger partial charge < -0.3 is 16.2 Å². The first-order valence-electron chi connectivity index (χ1n) is 5.92. The Morgan fingerprint density at radius 2 is 2.06 bits per heavy atom. The molecule has 0 fully saturated rings. The van der Waals surface area contributed by atoms with Crippen LogP contribution in [-0.4, -0.2) is 30.2 Å². The van der Waals surface area contributed by atoms with Crippen LogP contribution < -0.4 is 11.1 Å². The van der Waals surface area contributed by atoms with Gasteiger partial charge in [-0.1, -0.05) is 19.1 Å². The summed E-state index contributed by atoms with van der Waals surface area (Å²) in [6, 6.07) is 7.20. The van der Waals surface area contributed by atoms with Gasteiger partial charge in [-0.2, -0.15) is 0 Å². The van der Waals surface area contributed by atoms with E-state index in [-0.39, 0.29) is 18.6 Å². The molecule has 0 unspecified atom stereocenters. The molecular formula is C13H20N2O2. The Hall–Kier alpha value is -1.39. The van der Waals surface area contributed by atoms with Gasteiger partial charge in [-0.05, 0) is 37.1 Å². The summed E-state index contributed by atoms with van der Waals surface area (Å²) in [5.41, 5.74) is 7.19. The van der Waals surface area contributed by atoms with Crippen LogP contribution in [0, 0.1) is 0 Å². The maximum atomic E-state index is 11.8. The van der Waals surface area contributed by atoms with Crippen LogP contribution >= 0.6 is 0 Å². The summed E-state index contributed by atoms with van der Waals surface area (Å²) in [6.45, 7) is 2.49. The zero-order chi connectivity index (χ0) is 12.7. The fraction of sp³-hybridized carbons (Fsp3) is 0.462. The van der Waals surface area contributed by atoms with Gasteiger partial charge in [0, 0.05) is 5.56 Å². The predicted molar refractivity (Wildman–Crippen MR) is 67.8 cm³/mol. The lowest BCUT2D eigenvalue weighted by Crippen LogP contribution is -2.36. The SMILES string of the molecule is CC[C@H](CO)NC(=O)c1ccc(CCN)cc1. The van der Waals surface area contributed by atoms with E-state index in [2.05, 4.69) is 5.32 Å². The molecule has 0 aliphatic carbocycles. The molecule has 0 radical (unpaired) electrons. The van der Waals surface area contributed by atoms with E-state index in [1.54, 1.807) is 12.1 Å². The minimum absolute atomic E-state index is 0.0342. The van der Waals surface area contributed by atoms with Gasteiger partial charge in [0.2, 0.25) is 0 Å². The highest BCUT2D eigenvalue weighted by Gasteiger charge is 2.10. The van der Waals surface area contributed by atoms with Crippen molar-refractivity contribution < 1.29 is 9.90 Å². The van der Waals surface area contributed by atoms with E-state index in [0.29, 0.717) is 18.5 Å². The molecule has 4 N–H and O–H groups in total. The van der Waals surface area contributed by atoms with E-state index in [1.165, 1.54) is 0 Å². The second kappa shape index (κ2) is 7.04. The molecule has 0 bridgehead atoms. The molecule has 0 aromatic heterocycles. The molecule has 4 nitrogen and oxygen atoms in total. The molecule has 1 rings (SSSR count).